The topological polar surface area (TPSA) is 53.7 Å². The van der Waals surface area contributed by atoms with Crippen molar-refractivity contribution in [2.24, 2.45) is 5.92 Å². The summed E-state index contributed by atoms with van der Waals surface area (Å²) in [6, 6.07) is 5.54. The molecule has 1 unspecified atom stereocenters. The zero-order valence-corrected chi connectivity index (χ0v) is 10.9. The molecule has 1 aromatic rings. The maximum atomic E-state index is 5.83. The Hall–Kier alpha value is -1.42. The third-order valence-corrected chi connectivity index (χ3v) is 2.88. The Morgan fingerprint density at radius 2 is 2.06 bits per heavy atom. The minimum absolute atomic E-state index is 0.492. The number of ether oxygens (including phenoxy) is 3. The lowest BCUT2D eigenvalue weighted by Gasteiger charge is -2.12. The van der Waals surface area contributed by atoms with Gasteiger partial charge in [-0.15, -0.1) is 0 Å². The predicted molar refractivity (Wildman–Crippen MR) is 71.1 cm³/mol. The van der Waals surface area contributed by atoms with Gasteiger partial charge in [-0.05, 0) is 12.8 Å². The van der Waals surface area contributed by atoms with E-state index >= 15 is 0 Å². The van der Waals surface area contributed by atoms with Crippen molar-refractivity contribution in [3.05, 3.63) is 18.2 Å². The van der Waals surface area contributed by atoms with E-state index in [0.29, 0.717) is 24.8 Å². The van der Waals surface area contributed by atoms with Gasteiger partial charge in [0, 0.05) is 36.4 Å². The summed E-state index contributed by atoms with van der Waals surface area (Å²) < 4.78 is 16.6. The van der Waals surface area contributed by atoms with Crippen molar-refractivity contribution in [1.29, 1.82) is 0 Å². The van der Waals surface area contributed by atoms with E-state index in [4.69, 9.17) is 19.9 Å². The fourth-order valence-corrected chi connectivity index (χ4v) is 1.91. The first-order valence-corrected chi connectivity index (χ1v) is 6.52. The number of hydrogen-bond acceptors (Lipinski definition) is 4. The van der Waals surface area contributed by atoms with Gasteiger partial charge >= 0.3 is 0 Å². The Morgan fingerprint density at radius 3 is 2.72 bits per heavy atom. The van der Waals surface area contributed by atoms with Crippen molar-refractivity contribution in [2.75, 3.05) is 32.2 Å². The van der Waals surface area contributed by atoms with E-state index in [9.17, 15) is 0 Å². The van der Waals surface area contributed by atoms with Crippen LogP contribution in [0.5, 0.6) is 11.5 Å². The lowest BCUT2D eigenvalue weighted by Crippen LogP contribution is -2.11. The van der Waals surface area contributed by atoms with Crippen LogP contribution in [-0.2, 0) is 4.74 Å². The number of rotatable bonds is 6. The second-order valence-corrected chi connectivity index (χ2v) is 4.63. The molecule has 4 heteroatoms. The van der Waals surface area contributed by atoms with Crippen molar-refractivity contribution < 1.29 is 14.2 Å². The van der Waals surface area contributed by atoms with Crippen LogP contribution in [0.25, 0.3) is 0 Å². The largest absolute Gasteiger partial charge is 0.493 e. The van der Waals surface area contributed by atoms with Crippen LogP contribution in [0.4, 0.5) is 5.69 Å². The first kappa shape index (κ1) is 13.0. The highest BCUT2D eigenvalue weighted by molar-refractivity contribution is 5.50. The maximum Gasteiger partial charge on any atom is 0.125 e. The fraction of sp³-hybridized carbons (Fsp3) is 0.571. The number of nitrogens with two attached hydrogens (primary N) is 1. The molecule has 4 nitrogen and oxygen atoms in total. The van der Waals surface area contributed by atoms with Crippen LogP contribution in [0.15, 0.2) is 18.2 Å². The van der Waals surface area contributed by atoms with Crippen molar-refractivity contribution >= 4 is 5.69 Å². The summed E-state index contributed by atoms with van der Waals surface area (Å²) in [4.78, 5) is 0. The molecule has 1 atom stereocenters. The van der Waals surface area contributed by atoms with Gasteiger partial charge in [0.2, 0.25) is 0 Å². The maximum absolute atomic E-state index is 5.83. The van der Waals surface area contributed by atoms with E-state index in [-0.39, 0.29) is 0 Å². The summed E-state index contributed by atoms with van der Waals surface area (Å²) in [5.41, 5.74) is 6.50. The Kier molecular flexibility index (Phi) is 4.70. The van der Waals surface area contributed by atoms with Gasteiger partial charge in [0.15, 0.2) is 0 Å². The molecule has 18 heavy (non-hydrogen) atoms. The van der Waals surface area contributed by atoms with E-state index in [1.165, 1.54) is 0 Å². The Morgan fingerprint density at radius 1 is 1.28 bits per heavy atom. The molecule has 0 saturated carbocycles. The summed E-state index contributed by atoms with van der Waals surface area (Å²) >= 11 is 0. The van der Waals surface area contributed by atoms with Crippen molar-refractivity contribution in [3.63, 3.8) is 0 Å². The molecular formula is C14H21NO3. The highest BCUT2D eigenvalue weighted by Crippen LogP contribution is 2.25. The molecule has 1 fully saturated rings. The second-order valence-electron chi connectivity index (χ2n) is 4.63. The summed E-state index contributed by atoms with van der Waals surface area (Å²) in [5, 5.41) is 0. The van der Waals surface area contributed by atoms with Gasteiger partial charge in [-0.1, -0.05) is 6.92 Å². The minimum atomic E-state index is 0.492. The average molecular weight is 251 g/mol. The molecular weight excluding hydrogens is 230 g/mol. The van der Waals surface area contributed by atoms with Crippen LogP contribution < -0.4 is 15.2 Å². The van der Waals surface area contributed by atoms with E-state index in [2.05, 4.69) is 6.92 Å². The van der Waals surface area contributed by atoms with Crippen molar-refractivity contribution in [1.82, 2.24) is 0 Å². The van der Waals surface area contributed by atoms with E-state index in [0.717, 1.165) is 37.6 Å². The molecule has 2 N–H and O–H groups in total. The Labute approximate surface area is 108 Å². The van der Waals surface area contributed by atoms with Crippen LogP contribution in [0.3, 0.4) is 0 Å². The molecule has 0 amide bonds. The summed E-state index contributed by atoms with van der Waals surface area (Å²) in [7, 11) is 0. The molecule has 1 aliphatic rings. The standard InChI is InChI=1S/C14H21NO3/c1-2-4-17-13-6-12(15)7-14(8-13)18-10-11-3-5-16-9-11/h6-8,11H,2-5,9-10,15H2,1H3. The quantitative estimate of drug-likeness (QED) is 0.789. The number of benzene rings is 1. The zero-order chi connectivity index (χ0) is 12.8. The number of hydrogen-bond donors (Lipinski definition) is 1. The molecule has 0 radical (unpaired) electrons. The highest BCUT2D eigenvalue weighted by atomic mass is 16.5. The average Bonchev–Trinajstić information content (AvgIpc) is 2.86. The van der Waals surface area contributed by atoms with E-state index in [1.807, 2.05) is 18.2 Å². The van der Waals surface area contributed by atoms with Crippen LogP contribution in [0, 0.1) is 5.92 Å². The van der Waals surface area contributed by atoms with Gasteiger partial charge in [-0.3, -0.25) is 0 Å². The molecule has 1 saturated heterocycles. The van der Waals surface area contributed by atoms with Gasteiger partial charge in [0.25, 0.3) is 0 Å². The molecule has 1 aliphatic heterocycles. The van der Waals surface area contributed by atoms with Gasteiger partial charge in [-0.2, -0.15) is 0 Å². The molecule has 1 aromatic carbocycles. The van der Waals surface area contributed by atoms with Crippen LogP contribution in [0.2, 0.25) is 0 Å². The van der Waals surface area contributed by atoms with Gasteiger partial charge < -0.3 is 19.9 Å². The SMILES string of the molecule is CCCOc1cc(N)cc(OCC2CCOC2)c1. The van der Waals surface area contributed by atoms with Gasteiger partial charge in [0.1, 0.15) is 11.5 Å². The smallest absolute Gasteiger partial charge is 0.125 e. The minimum Gasteiger partial charge on any atom is -0.493 e. The van der Waals surface area contributed by atoms with E-state index < -0.39 is 0 Å². The van der Waals surface area contributed by atoms with Gasteiger partial charge in [-0.25, -0.2) is 0 Å². The molecule has 2 rings (SSSR count). The fourth-order valence-electron chi connectivity index (χ4n) is 1.91. The van der Waals surface area contributed by atoms with Crippen LogP contribution in [-0.4, -0.2) is 26.4 Å². The van der Waals surface area contributed by atoms with E-state index in [1.54, 1.807) is 0 Å². The monoisotopic (exact) mass is 251 g/mol. The van der Waals surface area contributed by atoms with Crippen molar-refractivity contribution in [3.8, 4) is 11.5 Å². The molecule has 0 bridgehead atoms. The molecule has 0 aromatic heterocycles. The Balaban J connectivity index is 1.91. The summed E-state index contributed by atoms with van der Waals surface area (Å²) in [6.07, 6.45) is 2.05. The summed E-state index contributed by atoms with van der Waals surface area (Å²) in [6.45, 7) is 5.08. The molecule has 1 heterocycles. The number of anilines is 1. The van der Waals surface area contributed by atoms with Crippen LogP contribution in [0.1, 0.15) is 19.8 Å². The molecule has 0 aliphatic carbocycles. The molecule has 0 spiro atoms. The molecule has 100 valence electrons. The normalized spacial score (nSPS) is 18.8. The number of nitrogen functional groups attached to an aromatic ring is 1. The van der Waals surface area contributed by atoms with Crippen molar-refractivity contribution in [2.45, 2.75) is 19.8 Å². The first-order chi connectivity index (χ1) is 8.78. The Bertz CT molecular complexity index is 375. The van der Waals surface area contributed by atoms with Gasteiger partial charge in [0.05, 0.1) is 19.8 Å². The highest BCUT2D eigenvalue weighted by Gasteiger charge is 2.16. The van der Waals surface area contributed by atoms with Crippen LogP contribution >= 0.6 is 0 Å². The predicted octanol–water partition coefficient (Wildman–Crippen LogP) is 2.47. The third kappa shape index (κ3) is 3.81. The third-order valence-electron chi connectivity index (χ3n) is 2.88. The lowest BCUT2D eigenvalue weighted by molar-refractivity contribution is 0.167. The second kappa shape index (κ2) is 6.50. The first-order valence-electron chi connectivity index (χ1n) is 6.52. The summed E-state index contributed by atoms with van der Waals surface area (Å²) in [5.74, 6) is 2.04. The zero-order valence-electron chi connectivity index (χ0n) is 10.9. The lowest BCUT2D eigenvalue weighted by atomic mass is 10.1.